The number of carboxylic acid groups (broad SMARTS) is 1. The van der Waals surface area contributed by atoms with Crippen LogP contribution in [0.3, 0.4) is 0 Å². The van der Waals surface area contributed by atoms with Gasteiger partial charge in [-0.3, -0.25) is 0 Å². The highest BCUT2D eigenvalue weighted by atomic mass is 16.4. The van der Waals surface area contributed by atoms with Crippen LogP contribution in [0.2, 0.25) is 0 Å². The maximum Gasteiger partial charge on any atom is 0.354 e. The zero-order valence-corrected chi connectivity index (χ0v) is 11.3. The summed E-state index contributed by atoms with van der Waals surface area (Å²) in [6.45, 7) is 1.81. The molecule has 4 heteroatoms. The average Bonchev–Trinajstić information content (AvgIpc) is 2.70. The number of carbonyl (C=O) groups is 1. The minimum atomic E-state index is -0.828. The van der Waals surface area contributed by atoms with E-state index >= 15 is 0 Å². The van der Waals surface area contributed by atoms with Crippen molar-refractivity contribution in [3.05, 3.63) is 17.7 Å². The van der Waals surface area contributed by atoms with Crippen LogP contribution < -0.4 is 0 Å². The van der Waals surface area contributed by atoms with Crippen molar-refractivity contribution in [1.29, 1.82) is 0 Å². The molecule has 102 valence electrons. The maximum absolute atomic E-state index is 11.5. The molecule has 19 heavy (non-hydrogen) atoms. The highest BCUT2D eigenvalue weighted by Gasteiger charge is 2.52. The minimum Gasteiger partial charge on any atom is -0.477 e. The van der Waals surface area contributed by atoms with Crippen LogP contribution in [-0.4, -0.2) is 20.6 Å². The van der Waals surface area contributed by atoms with Gasteiger partial charge < -0.3 is 9.67 Å². The van der Waals surface area contributed by atoms with Crippen LogP contribution in [0.25, 0.3) is 0 Å². The molecule has 0 atom stereocenters. The zero-order chi connectivity index (χ0) is 13.2. The summed E-state index contributed by atoms with van der Waals surface area (Å²) < 4.78 is 2.02. The molecule has 4 fully saturated rings. The third-order valence-electron chi connectivity index (χ3n) is 5.67. The van der Waals surface area contributed by atoms with E-state index in [1.165, 1.54) is 19.3 Å². The molecule has 1 heterocycles. The van der Waals surface area contributed by atoms with Crippen LogP contribution in [-0.2, 0) is 5.54 Å². The van der Waals surface area contributed by atoms with E-state index < -0.39 is 5.97 Å². The van der Waals surface area contributed by atoms with Gasteiger partial charge in [0.1, 0.15) is 0 Å². The Labute approximate surface area is 112 Å². The Morgan fingerprint density at radius 2 is 1.79 bits per heavy atom. The standard InChI is InChI=1S/C15H20N2O2/c1-9-13(14(18)19)17(8-16-9)15-5-10-2-11(6-15)4-12(3-10)7-15/h8,10-12H,2-7H2,1H3,(H,18,19). The number of rotatable bonds is 2. The van der Waals surface area contributed by atoms with Gasteiger partial charge in [-0.05, 0) is 63.2 Å². The Morgan fingerprint density at radius 1 is 1.26 bits per heavy atom. The summed E-state index contributed by atoms with van der Waals surface area (Å²) >= 11 is 0. The van der Waals surface area contributed by atoms with Gasteiger partial charge in [0, 0.05) is 5.54 Å². The fourth-order valence-electron chi connectivity index (χ4n) is 5.41. The molecule has 4 aliphatic rings. The summed E-state index contributed by atoms with van der Waals surface area (Å²) in [6, 6.07) is 0. The third-order valence-corrected chi connectivity index (χ3v) is 5.67. The van der Waals surface area contributed by atoms with Gasteiger partial charge in [-0.2, -0.15) is 0 Å². The van der Waals surface area contributed by atoms with E-state index in [1.807, 2.05) is 4.57 Å². The second-order valence-electron chi connectivity index (χ2n) is 7.00. The number of hydrogen-bond donors (Lipinski definition) is 1. The first-order valence-corrected chi connectivity index (χ1v) is 7.35. The van der Waals surface area contributed by atoms with E-state index in [0.29, 0.717) is 11.4 Å². The van der Waals surface area contributed by atoms with Crippen molar-refractivity contribution in [1.82, 2.24) is 9.55 Å². The lowest BCUT2D eigenvalue weighted by molar-refractivity contribution is -0.0445. The fourth-order valence-corrected chi connectivity index (χ4v) is 5.41. The molecule has 4 bridgehead atoms. The van der Waals surface area contributed by atoms with E-state index in [0.717, 1.165) is 37.0 Å². The van der Waals surface area contributed by atoms with Crippen molar-refractivity contribution < 1.29 is 9.90 Å². The number of aromatic carboxylic acids is 1. The Morgan fingerprint density at radius 3 is 2.26 bits per heavy atom. The molecule has 5 rings (SSSR count). The molecular weight excluding hydrogens is 240 g/mol. The summed E-state index contributed by atoms with van der Waals surface area (Å²) in [4.78, 5) is 15.8. The van der Waals surface area contributed by atoms with Gasteiger partial charge in [-0.1, -0.05) is 0 Å². The number of aryl methyl sites for hydroxylation is 1. The van der Waals surface area contributed by atoms with Crippen LogP contribution in [0.5, 0.6) is 0 Å². The average molecular weight is 260 g/mol. The van der Waals surface area contributed by atoms with Crippen LogP contribution in [0.1, 0.15) is 54.7 Å². The summed E-state index contributed by atoms with van der Waals surface area (Å²) in [5.41, 5.74) is 1.13. The Balaban J connectivity index is 1.82. The zero-order valence-electron chi connectivity index (χ0n) is 11.3. The number of hydrogen-bond acceptors (Lipinski definition) is 2. The predicted molar refractivity (Wildman–Crippen MR) is 70.1 cm³/mol. The molecule has 0 aromatic carbocycles. The van der Waals surface area contributed by atoms with Gasteiger partial charge in [0.25, 0.3) is 0 Å². The summed E-state index contributed by atoms with van der Waals surface area (Å²) in [5.74, 6) is 1.62. The monoisotopic (exact) mass is 260 g/mol. The quantitative estimate of drug-likeness (QED) is 0.889. The number of carboxylic acids is 1. The molecule has 4 saturated carbocycles. The molecule has 1 aromatic rings. The molecule has 1 aromatic heterocycles. The highest BCUT2D eigenvalue weighted by Crippen LogP contribution is 2.59. The first-order valence-electron chi connectivity index (χ1n) is 7.35. The van der Waals surface area contributed by atoms with Crippen molar-refractivity contribution in [2.45, 2.75) is 51.0 Å². The van der Waals surface area contributed by atoms with E-state index in [-0.39, 0.29) is 5.54 Å². The highest BCUT2D eigenvalue weighted by molar-refractivity contribution is 5.87. The SMILES string of the molecule is Cc1ncn(C23CC4CC(CC(C4)C2)C3)c1C(=O)O. The van der Waals surface area contributed by atoms with Crippen molar-refractivity contribution in [2.24, 2.45) is 17.8 Å². The van der Waals surface area contributed by atoms with E-state index in [9.17, 15) is 9.90 Å². The van der Waals surface area contributed by atoms with E-state index in [4.69, 9.17) is 0 Å². The van der Waals surface area contributed by atoms with Crippen LogP contribution in [0.4, 0.5) is 0 Å². The topological polar surface area (TPSA) is 55.1 Å². The van der Waals surface area contributed by atoms with Gasteiger partial charge in [-0.15, -0.1) is 0 Å². The second-order valence-corrected chi connectivity index (χ2v) is 7.00. The van der Waals surface area contributed by atoms with E-state index in [1.54, 1.807) is 13.3 Å². The molecule has 0 spiro atoms. The van der Waals surface area contributed by atoms with Crippen molar-refractivity contribution >= 4 is 5.97 Å². The lowest BCUT2D eigenvalue weighted by atomic mass is 9.53. The molecule has 0 unspecified atom stereocenters. The van der Waals surface area contributed by atoms with Gasteiger partial charge in [0.2, 0.25) is 0 Å². The Hall–Kier alpha value is -1.32. The van der Waals surface area contributed by atoms with Crippen LogP contribution in [0.15, 0.2) is 6.33 Å². The molecule has 0 aliphatic heterocycles. The lowest BCUT2D eigenvalue weighted by Gasteiger charge is -2.57. The fraction of sp³-hybridized carbons (Fsp3) is 0.733. The minimum absolute atomic E-state index is 0.0593. The first kappa shape index (κ1) is 11.5. The molecule has 0 amide bonds. The summed E-state index contributed by atoms with van der Waals surface area (Å²) in [5, 5.41) is 9.48. The predicted octanol–water partition coefficient (Wildman–Crippen LogP) is 2.82. The Bertz CT molecular complexity index is 511. The molecule has 0 radical (unpaired) electrons. The molecule has 4 aliphatic carbocycles. The number of nitrogens with zero attached hydrogens (tertiary/aromatic N) is 2. The van der Waals surface area contributed by atoms with Crippen molar-refractivity contribution in [2.75, 3.05) is 0 Å². The summed E-state index contributed by atoms with van der Waals surface area (Å²) in [7, 11) is 0. The van der Waals surface area contributed by atoms with Gasteiger partial charge >= 0.3 is 5.97 Å². The van der Waals surface area contributed by atoms with Crippen molar-refractivity contribution in [3.63, 3.8) is 0 Å². The number of aromatic nitrogens is 2. The lowest BCUT2D eigenvalue weighted by Crippen LogP contribution is -2.52. The molecule has 4 nitrogen and oxygen atoms in total. The molecule has 0 saturated heterocycles. The summed E-state index contributed by atoms with van der Waals surface area (Å²) in [6.07, 6.45) is 9.38. The van der Waals surface area contributed by atoms with E-state index in [2.05, 4.69) is 4.98 Å². The number of imidazole rings is 1. The van der Waals surface area contributed by atoms with Gasteiger partial charge in [0.15, 0.2) is 5.69 Å². The van der Waals surface area contributed by atoms with Crippen LogP contribution >= 0.6 is 0 Å². The molecular formula is C15H20N2O2. The second kappa shape index (κ2) is 3.62. The maximum atomic E-state index is 11.5. The molecule has 1 N–H and O–H groups in total. The largest absolute Gasteiger partial charge is 0.477 e. The van der Waals surface area contributed by atoms with Gasteiger partial charge in [-0.25, -0.2) is 9.78 Å². The van der Waals surface area contributed by atoms with Gasteiger partial charge in [0.05, 0.1) is 12.0 Å². The third kappa shape index (κ3) is 1.52. The first-order chi connectivity index (χ1) is 9.07. The van der Waals surface area contributed by atoms with Crippen molar-refractivity contribution in [3.8, 4) is 0 Å². The normalized spacial score (nSPS) is 39.7. The Kier molecular flexibility index (Phi) is 2.19. The smallest absolute Gasteiger partial charge is 0.354 e. The van der Waals surface area contributed by atoms with Crippen LogP contribution in [0, 0.1) is 24.7 Å².